The lowest BCUT2D eigenvalue weighted by molar-refractivity contribution is 0.265. The van der Waals surface area contributed by atoms with Crippen molar-refractivity contribution in [3.8, 4) is 11.4 Å². The summed E-state index contributed by atoms with van der Waals surface area (Å²) in [5.74, 6) is 1.52. The second kappa shape index (κ2) is 4.92. The van der Waals surface area contributed by atoms with Gasteiger partial charge in [-0.15, -0.1) is 5.10 Å². The Balaban J connectivity index is 1.99. The molecule has 19 heavy (non-hydrogen) atoms. The highest BCUT2D eigenvalue weighted by molar-refractivity contribution is 9.10. The topological polar surface area (TPSA) is 69.6 Å². The maximum absolute atomic E-state index is 6.01. The van der Waals surface area contributed by atoms with E-state index < -0.39 is 0 Å². The summed E-state index contributed by atoms with van der Waals surface area (Å²) >= 11 is 3.48. The Morgan fingerprint density at radius 1 is 1.42 bits per heavy atom. The first-order valence-corrected chi connectivity index (χ1v) is 7.26. The SMILES string of the molecule is Cc1c(N)cc(Br)cc1-c1nnnn1CC1CCC1. The van der Waals surface area contributed by atoms with Crippen molar-refractivity contribution in [2.45, 2.75) is 32.7 Å². The van der Waals surface area contributed by atoms with Gasteiger partial charge in [0, 0.05) is 22.3 Å². The third kappa shape index (κ3) is 2.36. The lowest BCUT2D eigenvalue weighted by Gasteiger charge is -2.25. The Morgan fingerprint density at radius 3 is 2.89 bits per heavy atom. The van der Waals surface area contributed by atoms with Gasteiger partial charge in [0.1, 0.15) is 0 Å². The fraction of sp³-hybridized carbons (Fsp3) is 0.462. The third-order valence-corrected chi connectivity index (χ3v) is 4.30. The van der Waals surface area contributed by atoms with Crippen LogP contribution in [-0.4, -0.2) is 20.2 Å². The van der Waals surface area contributed by atoms with Crippen molar-refractivity contribution in [3.63, 3.8) is 0 Å². The Kier molecular flexibility index (Phi) is 3.26. The van der Waals surface area contributed by atoms with Crippen LogP contribution in [0.4, 0.5) is 5.69 Å². The molecule has 1 heterocycles. The molecule has 2 aromatic rings. The molecule has 2 N–H and O–H groups in total. The van der Waals surface area contributed by atoms with Gasteiger partial charge in [-0.3, -0.25) is 0 Å². The molecule has 6 heteroatoms. The molecule has 0 bridgehead atoms. The van der Waals surface area contributed by atoms with Crippen LogP contribution in [0.3, 0.4) is 0 Å². The van der Waals surface area contributed by atoms with Crippen LogP contribution in [0.2, 0.25) is 0 Å². The molecule has 1 aromatic carbocycles. The van der Waals surface area contributed by atoms with E-state index in [0.717, 1.165) is 33.7 Å². The Hall–Kier alpha value is -1.43. The lowest BCUT2D eigenvalue weighted by Crippen LogP contribution is -2.19. The maximum Gasteiger partial charge on any atom is 0.182 e. The fourth-order valence-corrected chi connectivity index (χ4v) is 2.85. The summed E-state index contributed by atoms with van der Waals surface area (Å²) < 4.78 is 2.85. The van der Waals surface area contributed by atoms with E-state index in [-0.39, 0.29) is 0 Å². The fourth-order valence-electron chi connectivity index (χ4n) is 2.37. The molecular weight excluding hydrogens is 306 g/mol. The highest BCUT2D eigenvalue weighted by Gasteiger charge is 2.21. The molecule has 1 aliphatic rings. The van der Waals surface area contributed by atoms with Crippen molar-refractivity contribution >= 4 is 21.6 Å². The van der Waals surface area contributed by atoms with E-state index in [2.05, 4.69) is 31.5 Å². The molecule has 0 aliphatic heterocycles. The van der Waals surface area contributed by atoms with Crippen molar-refractivity contribution in [1.82, 2.24) is 20.2 Å². The average molecular weight is 322 g/mol. The number of nitrogens with two attached hydrogens (primary N) is 1. The summed E-state index contributed by atoms with van der Waals surface area (Å²) in [6, 6.07) is 3.92. The molecule has 1 aliphatic carbocycles. The van der Waals surface area contributed by atoms with Crippen molar-refractivity contribution < 1.29 is 0 Å². The van der Waals surface area contributed by atoms with E-state index >= 15 is 0 Å². The van der Waals surface area contributed by atoms with Gasteiger partial charge in [-0.1, -0.05) is 22.4 Å². The van der Waals surface area contributed by atoms with Gasteiger partial charge >= 0.3 is 0 Å². The maximum atomic E-state index is 6.01. The molecule has 0 saturated heterocycles. The van der Waals surface area contributed by atoms with Gasteiger partial charge in [-0.25, -0.2) is 4.68 Å². The molecule has 1 fully saturated rings. The number of tetrazole rings is 1. The summed E-state index contributed by atoms with van der Waals surface area (Å²) in [4.78, 5) is 0. The number of nitrogen functional groups attached to an aromatic ring is 1. The second-order valence-corrected chi connectivity index (χ2v) is 6.06. The summed E-state index contributed by atoms with van der Waals surface area (Å²) in [7, 11) is 0. The zero-order valence-corrected chi connectivity index (χ0v) is 12.4. The monoisotopic (exact) mass is 321 g/mol. The number of hydrogen-bond donors (Lipinski definition) is 1. The van der Waals surface area contributed by atoms with Crippen LogP contribution in [0.5, 0.6) is 0 Å². The molecule has 1 saturated carbocycles. The van der Waals surface area contributed by atoms with Crippen LogP contribution in [0.1, 0.15) is 24.8 Å². The lowest BCUT2D eigenvalue weighted by atomic mass is 9.85. The molecule has 0 spiro atoms. The van der Waals surface area contributed by atoms with Crippen LogP contribution in [-0.2, 0) is 6.54 Å². The predicted octanol–water partition coefficient (Wildman–Crippen LogP) is 2.79. The smallest absolute Gasteiger partial charge is 0.182 e. The van der Waals surface area contributed by atoms with Crippen molar-refractivity contribution in [3.05, 3.63) is 22.2 Å². The molecule has 3 rings (SSSR count). The first-order valence-electron chi connectivity index (χ1n) is 6.47. The van der Waals surface area contributed by atoms with E-state index in [0.29, 0.717) is 5.92 Å². The summed E-state index contributed by atoms with van der Waals surface area (Å²) in [6.07, 6.45) is 3.88. The minimum Gasteiger partial charge on any atom is -0.398 e. The number of nitrogens with zero attached hydrogens (tertiary/aromatic N) is 4. The highest BCUT2D eigenvalue weighted by Crippen LogP contribution is 2.32. The molecule has 0 atom stereocenters. The zero-order chi connectivity index (χ0) is 13.4. The van der Waals surface area contributed by atoms with Gasteiger partial charge in [-0.05, 0) is 53.8 Å². The van der Waals surface area contributed by atoms with Gasteiger partial charge in [0.2, 0.25) is 0 Å². The van der Waals surface area contributed by atoms with Crippen LogP contribution in [0.15, 0.2) is 16.6 Å². The first kappa shape index (κ1) is 12.6. The largest absolute Gasteiger partial charge is 0.398 e. The summed E-state index contributed by atoms with van der Waals surface area (Å²) in [5, 5.41) is 12.1. The summed E-state index contributed by atoms with van der Waals surface area (Å²) in [6.45, 7) is 2.90. The number of anilines is 1. The van der Waals surface area contributed by atoms with Crippen molar-refractivity contribution in [1.29, 1.82) is 0 Å². The van der Waals surface area contributed by atoms with Gasteiger partial charge < -0.3 is 5.73 Å². The second-order valence-electron chi connectivity index (χ2n) is 5.15. The number of benzene rings is 1. The summed E-state index contributed by atoms with van der Waals surface area (Å²) in [5.41, 5.74) is 8.78. The number of hydrogen-bond acceptors (Lipinski definition) is 4. The van der Waals surface area contributed by atoms with Gasteiger partial charge in [0.15, 0.2) is 5.82 Å². The molecule has 0 unspecified atom stereocenters. The number of halogens is 1. The Morgan fingerprint density at radius 2 is 2.21 bits per heavy atom. The predicted molar refractivity (Wildman–Crippen MR) is 77.4 cm³/mol. The van der Waals surface area contributed by atoms with Crippen LogP contribution >= 0.6 is 15.9 Å². The minimum atomic E-state index is 0.715. The number of aromatic nitrogens is 4. The van der Waals surface area contributed by atoms with Crippen molar-refractivity contribution in [2.24, 2.45) is 5.92 Å². The van der Waals surface area contributed by atoms with Crippen LogP contribution in [0.25, 0.3) is 11.4 Å². The quantitative estimate of drug-likeness (QED) is 0.882. The molecule has 0 radical (unpaired) electrons. The molecule has 1 aromatic heterocycles. The normalized spacial score (nSPS) is 15.5. The number of rotatable bonds is 3. The molecule has 5 nitrogen and oxygen atoms in total. The molecule has 100 valence electrons. The average Bonchev–Trinajstić information content (AvgIpc) is 2.76. The highest BCUT2D eigenvalue weighted by atomic mass is 79.9. The first-order chi connectivity index (χ1) is 9.15. The van der Waals surface area contributed by atoms with Gasteiger partial charge in [0.05, 0.1) is 0 Å². The standard InChI is InChI=1S/C13H16BrN5/c1-8-11(5-10(14)6-12(8)15)13-16-17-18-19(13)7-9-3-2-4-9/h5-6,9H,2-4,7,15H2,1H3. The van der Waals surface area contributed by atoms with Crippen molar-refractivity contribution in [2.75, 3.05) is 5.73 Å². The van der Waals surface area contributed by atoms with E-state index in [1.54, 1.807) is 0 Å². The zero-order valence-electron chi connectivity index (χ0n) is 10.8. The minimum absolute atomic E-state index is 0.715. The van der Waals surface area contributed by atoms with Crippen LogP contribution < -0.4 is 5.73 Å². The molecular formula is C13H16BrN5. The van der Waals surface area contributed by atoms with E-state index in [1.165, 1.54) is 19.3 Å². The molecule has 0 amide bonds. The Labute approximate surface area is 120 Å². The van der Waals surface area contributed by atoms with Gasteiger partial charge in [-0.2, -0.15) is 0 Å². The third-order valence-electron chi connectivity index (χ3n) is 3.84. The van der Waals surface area contributed by atoms with E-state index in [4.69, 9.17) is 5.73 Å². The van der Waals surface area contributed by atoms with E-state index in [9.17, 15) is 0 Å². The van der Waals surface area contributed by atoms with Gasteiger partial charge in [0.25, 0.3) is 0 Å². The van der Waals surface area contributed by atoms with Crippen LogP contribution in [0, 0.1) is 12.8 Å². The Bertz CT molecular complexity index is 603. The van der Waals surface area contributed by atoms with E-state index in [1.807, 2.05) is 23.7 Å².